The third-order valence-electron chi connectivity index (χ3n) is 4.66. The van der Waals surface area contributed by atoms with Crippen LogP contribution in [0.15, 0.2) is 18.5 Å². The molecule has 19 heavy (non-hydrogen) atoms. The van der Waals surface area contributed by atoms with Crippen molar-refractivity contribution in [3.63, 3.8) is 0 Å². The van der Waals surface area contributed by atoms with Gasteiger partial charge in [0.1, 0.15) is 0 Å². The van der Waals surface area contributed by atoms with Gasteiger partial charge in [0.15, 0.2) is 0 Å². The summed E-state index contributed by atoms with van der Waals surface area (Å²) >= 11 is 0. The van der Waals surface area contributed by atoms with Crippen molar-refractivity contribution in [2.45, 2.75) is 32.1 Å². The maximum absolute atomic E-state index is 12.5. The average Bonchev–Trinajstić information content (AvgIpc) is 2.46. The summed E-state index contributed by atoms with van der Waals surface area (Å²) in [6, 6.07) is 1.73. The molecule has 0 bridgehead atoms. The van der Waals surface area contributed by atoms with E-state index in [-0.39, 0.29) is 5.91 Å². The minimum Gasteiger partial charge on any atom is -0.397 e. The lowest BCUT2D eigenvalue weighted by atomic mass is 9.75. The smallest absolute Gasteiger partial charge is 0.256 e. The topological polar surface area (TPSA) is 59.2 Å². The molecule has 2 heterocycles. The van der Waals surface area contributed by atoms with Crippen LogP contribution in [0.25, 0.3) is 0 Å². The van der Waals surface area contributed by atoms with Gasteiger partial charge in [-0.05, 0) is 30.7 Å². The zero-order valence-electron chi connectivity index (χ0n) is 11.2. The lowest BCUT2D eigenvalue weighted by Gasteiger charge is -2.41. The van der Waals surface area contributed by atoms with Crippen molar-refractivity contribution >= 4 is 11.6 Å². The Hall–Kier alpha value is -1.58. The number of carbonyl (C=O) groups is 1. The summed E-state index contributed by atoms with van der Waals surface area (Å²) in [5.74, 6) is 1.62. The highest BCUT2D eigenvalue weighted by atomic mass is 16.2. The molecule has 0 aromatic carbocycles. The molecule has 4 nitrogen and oxygen atoms in total. The van der Waals surface area contributed by atoms with Crippen LogP contribution in [0.5, 0.6) is 0 Å². The lowest BCUT2D eigenvalue weighted by molar-refractivity contribution is 0.0522. The molecule has 1 aromatic heterocycles. The number of likely N-dealkylation sites (tertiary alicyclic amines) is 1. The van der Waals surface area contributed by atoms with Crippen LogP contribution in [0.3, 0.4) is 0 Å². The first-order chi connectivity index (χ1) is 9.25. The number of nitrogens with two attached hydrogens (primary N) is 1. The Kier molecular flexibility index (Phi) is 3.40. The van der Waals surface area contributed by atoms with Crippen LogP contribution >= 0.6 is 0 Å². The summed E-state index contributed by atoms with van der Waals surface area (Å²) in [7, 11) is 0. The van der Waals surface area contributed by atoms with E-state index in [9.17, 15) is 4.79 Å². The van der Waals surface area contributed by atoms with E-state index < -0.39 is 0 Å². The molecule has 3 rings (SSSR count). The number of carbonyl (C=O) groups excluding carboxylic acids is 1. The van der Waals surface area contributed by atoms with E-state index in [0.29, 0.717) is 17.2 Å². The van der Waals surface area contributed by atoms with Gasteiger partial charge in [-0.15, -0.1) is 0 Å². The van der Waals surface area contributed by atoms with E-state index in [1.165, 1.54) is 25.7 Å². The fourth-order valence-corrected chi connectivity index (χ4v) is 3.56. The molecule has 1 aliphatic carbocycles. The number of fused-ring (bicyclic) bond motifs is 1. The van der Waals surface area contributed by atoms with Gasteiger partial charge in [0.2, 0.25) is 0 Å². The molecule has 1 saturated carbocycles. The first-order valence-corrected chi connectivity index (χ1v) is 7.24. The number of pyridine rings is 1. The molecule has 0 radical (unpaired) electrons. The molecule has 102 valence electrons. The lowest BCUT2D eigenvalue weighted by Crippen LogP contribution is -2.44. The Morgan fingerprint density at radius 2 is 2.05 bits per heavy atom. The number of nitrogens with zero attached hydrogens (tertiary/aromatic N) is 2. The number of anilines is 1. The van der Waals surface area contributed by atoms with Gasteiger partial charge in [-0.1, -0.05) is 19.3 Å². The molecule has 1 aliphatic heterocycles. The van der Waals surface area contributed by atoms with Crippen LogP contribution in [-0.2, 0) is 0 Å². The third-order valence-corrected chi connectivity index (χ3v) is 4.66. The van der Waals surface area contributed by atoms with E-state index >= 15 is 0 Å². The molecule has 2 N–H and O–H groups in total. The zero-order chi connectivity index (χ0) is 13.2. The van der Waals surface area contributed by atoms with Crippen LogP contribution in [-0.4, -0.2) is 28.9 Å². The molecule has 1 amide bonds. The highest BCUT2D eigenvalue weighted by Gasteiger charge is 2.33. The second-order valence-electron chi connectivity index (χ2n) is 5.81. The van der Waals surface area contributed by atoms with E-state index in [0.717, 1.165) is 25.4 Å². The normalized spacial score (nSPS) is 26.8. The SMILES string of the molecule is Nc1cnccc1C(=O)N1CCC2CCCCC2C1. The molecule has 2 unspecified atom stereocenters. The molecule has 1 saturated heterocycles. The van der Waals surface area contributed by atoms with Crippen LogP contribution in [0.2, 0.25) is 0 Å². The number of hydrogen-bond donors (Lipinski definition) is 1. The quantitative estimate of drug-likeness (QED) is 0.842. The summed E-state index contributed by atoms with van der Waals surface area (Å²) in [5.41, 5.74) is 6.94. The van der Waals surface area contributed by atoms with E-state index in [4.69, 9.17) is 5.73 Å². The molecule has 2 fully saturated rings. The summed E-state index contributed by atoms with van der Waals surface area (Å²) in [6.07, 6.45) is 9.66. The summed E-state index contributed by atoms with van der Waals surface area (Å²) < 4.78 is 0. The standard InChI is InChI=1S/C15H21N3O/c16-14-9-17-7-5-13(14)15(19)18-8-6-11-3-1-2-4-12(11)10-18/h5,7,9,11-12H,1-4,6,8,10,16H2. The molecular formula is C15H21N3O. The van der Waals surface area contributed by atoms with Crippen LogP contribution < -0.4 is 5.73 Å². The molecule has 2 aliphatic rings. The van der Waals surface area contributed by atoms with Crippen LogP contribution in [0.1, 0.15) is 42.5 Å². The maximum Gasteiger partial charge on any atom is 0.256 e. The highest BCUT2D eigenvalue weighted by Crippen LogP contribution is 2.36. The first kappa shape index (κ1) is 12.5. The monoisotopic (exact) mass is 259 g/mol. The van der Waals surface area contributed by atoms with Gasteiger partial charge >= 0.3 is 0 Å². The molecular weight excluding hydrogens is 238 g/mol. The predicted molar refractivity (Wildman–Crippen MR) is 74.6 cm³/mol. The fraction of sp³-hybridized carbons (Fsp3) is 0.600. The van der Waals surface area contributed by atoms with Crippen molar-refractivity contribution in [1.29, 1.82) is 0 Å². The number of rotatable bonds is 1. The Balaban J connectivity index is 1.73. The molecule has 0 spiro atoms. The molecule has 1 aromatic rings. The average molecular weight is 259 g/mol. The summed E-state index contributed by atoms with van der Waals surface area (Å²) in [6.45, 7) is 1.78. The summed E-state index contributed by atoms with van der Waals surface area (Å²) in [4.78, 5) is 18.4. The third kappa shape index (κ3) is 2.44. The van der Waals surface area contributed by atoms with E-state index in [1.807, 2.05) is 4.90 Å². The summed E-state index contributed by atoms with van der Waals surface area (Å²) in [5, 5.41) is 0. The highest BCUT2D eigenvalue weighted by molar-refractivity contribution is 5.98. The number of hydrogen-bond acceptors (Lipinski definition) is 3. The first-order valence-electron chi connectivity index (χ1n) is 7.24. The van der Waals surface area contributed by atoms with Gasteiger partial charge in [0.05, 0.1) is 17.4 Å². The van der Waals surface area contributed by atoms with E-state index in [1.54, 1.807) is 18.5 Å². The van der Waals surface area contributed by atoms with Gasteiger partial charge < -0.3 is 10.6 Å². The van der Waals surface area contributed by atoms with Crippen molar-refractivity contribution in [1.82, 2.24) is 9.88 Å². The van der Waals surface area contributed by atoms with Crippen LogP contribution in [0, 0.1) is 11.8 Å². The Bertz CT molecular complexity index is 474. The number of amides is 1. The zero-order valence-corrected chi connectivity index (χ0v) is 11.2. The van der Waals surface area contributed by atoms with Crippen molar-refractivity contribution in [2.24, 2.45) is 11.8 Å². The second kappa shape index (κ2) is 5.19. The van der Waals surface area contributed by atoms with Crippen LogP contribution in [0.4, 0.5) is 5.69 Å². The Morgan fingerprint density at radius 1 is 1.26 bits per heavy atom. The number of nitrogen functional groups attached to an aromatic ring is 1. The van der Waals surface area contributed by atoms with Crippen molar-refractivity contribution in [2.75, 3.05) is 18.8 Å². The minimum absolute atomic E-state index is 0.0731. The van der Waals surface area contributed by atoms with E-state index in [2.05, 4.69) is 4.98 Å². The largest absolute Gasteiger partial charge is 0.397 e. The van der Waals surface area contributed by atoms with Gasteiger partial charge in [-0.3, -0.25) is 9.78 Å². The Morgan fingerprint density at radius 3 is 2.84 bits per heavy atom. The van der Waals surface area contributed by atoms with Gasteiger partial charge in [0.25, 0.3) is 5.91 Å². The maximum atomic E-state index is 12.5. The van der Waals surface area contributed by atoms with Gasteiger partial charge in [0, 0.05) is 19.3 Å². The van der Waals surface area contributed by atoms with Crippen molar-refractivity contribution < 1.29 is 4.79 Å². The fourth-order valence-electron chi connectivity index (χ4n) is 3.56. The van der Waals surface area contributed by atoms with Gasteiger partial charge in [-0.2, -0.15) is 0 Å². The number of piperidine rings is 1. The number of aromatic nitrogens is 1. The predicted octanol–water partition coefficient (Wildman–Crippen LogP) is 2.32. The van der Waals surface area contributed by atoms with Gasteiger partial charge in [-0.25, -0.2) is 0 Å². The molecule has 4 heteroatoms. The van der Waals surface area contributed by atoms with Crippen molar-refractivity contribution in [3.05, 3.63) is 24.0 Å². The molecule has 2 atom stereocenters. The minimum atomic E-state index is 0.0731. The van der Waals surface area contributed by atoms with Crippen molar-refractivity contribution in [3.8, 4) is 0 Å². The Labute approximate surface area is 114 Å². The second-order valence-corrected chi connectivity index (χ2v) is 5.81.